The van der Waals surface area contributed by atoms with Gasteiger partial charge in [-0.25, -0.2) is 4.98 Å². The molecule has 4 nitrogen and oxygen atoms in total. The van der Waals surface area contributed by atoms with Gasteiger partial charge < -0.3 is 5.32 Å². The minimum absolute atomic E-state index is 0.109. The summed E-state index contributed by atoms with van der Waals surface area (Å²) in [6.45, 7) is 1.81. The van der Waals surface area contributed by atoms with Crippen molar-refractivity contribution in [3.63, 3.8) is 0 Å². The Bertz CT molecular complexity index is 734. The van der Waals surface area contributed by atoms with Crippen LogP contribution in [0.4, 0.5) is 0 Å². The third kappa shape index (κ3) is 3.92. The number of hydrogen-bond donors (Lipinski definition) is 1. The number of aromatic nitrogens is 1. The molecule has 1 amide bonds. The van der Waals surface area contributed by atoms with Gasteiger partial charge in [0.2, 0.25) is 5.91 Å². The summed E-state index contributed by atoms with van der Waals surface area (Å²) in [6.07, 6.45) is 2.04. The summed E-state index contributed by atoms with van der Waals surface area (Å²) in [6, 6.07) is 12.2. The van der Waals surface area contributed by atoms with Gasteiger partial charge in [0, 0.05) is 10.9 Å². The number of benzene rings is 1. The van der Waals surface area contributed by atoms with Crippen LogP contribution >= 0.6 is 23.1 Å². The number of thiazole rings is 1. The number of rotatable bonds is 6. The molecule has 1 fully saturated rings. The predicted molar refractivity (Wildman–Crippen MR) is 93.2 cm³/mol. The number of thioether (sulfide) groups is 1. The lowest BCUT2D eigenvalue weighted by atomic mass is 9.98. The molecule has 118 valence electrons. The number of amides is 1. The zero-order valence-corrected chi connectivity index (χ0v) is 14.4. The van der Waals surface area contributed by atoms with E-state index < -0.39 is 5.54 Å². The third-order valence-electron chi connectivity index (χ3n) is 3.90. The molecular formula is C17H17N3OS2. The van der Waals surface area contributed by atoms with E-state index in [4.69, 9.17) is 0 Å². The summed E-state index contributed by atoms with van der Waals surface area (Å²) in [5.74, 6) is 0.472. The van der Waals surface area contributed by atoms with Crippen LogP contribution in [0.5, 0.6) is 0 Å². The Labute approximate surface area is 143 Å². The van der Waals surface area contributed by atoms with Crippen molar-refractivity contribution in [2.75, 3.05) is 5.75 Å². The molecule has 3 rings (SSSR count). The molecule has 1 N–H and O–H groups in total. The lowest BCUT2D eigenvalue weighted by molar-refractivity contribution is -0.119. The first-order chi connectivity index (χ1) is 11.1. The molecule has 0 spiro atoms. The molecule has 2 aromatic rings. The maximum Gasteiger partial charge on any atom is 0.231 e. The van der Waals surface area contributed by atoms with E-state index in [9.17, 15) is 10.1 Å². The number of nitriles is 1. The number of nitrogens with one attached hydrogen (secondary N) is 1. The van der Waals surface area contributed by atoms with Gasteiger partial charge in [-0.15, -0.1) is 11.3 Å². The lowest BCUT2D eigenvalue weighted by Crippen LogP contribution is -2.47. The molecule has 0 saturated heterocycles. The molecule has 1 aromatic heterocycles. The van der Waals surface area contributed by atoms with Crippen LogP contribution in [-0.4, -0.2) is 22.2 Å². The van der Waals surface area contributed by atoms with E-state index in [1.165, 1.54) is 23.1 Å². The molecule has 1 atom stereocenters. The second-order valence-corrected chi connectivity index (χ2v) is 7.87. The monoisotopic (exact) mass is 343 g/mol. The van der Waals surface area contributed by atoms with Crippen LogP contribution in [0.15, 0.2) is 40.1 Å². The van der Waals surface area contributed by atoms with E-state index in [-0.39, 0.29) is 11.7 Å². The van der Waals surface area contributed by atoms with Gasteiger partial charge in [-0.2, -0.15) is 5.26 Å². The molecule has 1 heterocycles. The topological polar surface area (TPSA) is 65.8 Å². The second kappa shape index (κ2) is 6.73. The van der Waals surface area contributed by atoms with Crippen molar-refractivity contribution in [3.8, 4) is 17.3 Å². The Morgan fingerprint density at radius 2 is 2.22 bits per heavy atom. The highest BCUT2D eigenvalue weighted by Crippen LogP contribution is 2.39. The fourth-order valence-corrected chi connectivity index (χ4v) is 4.04. The quantitative estimate of drug-likeness (QED) is 0.812. The van der Waals surface area contributed by atoms with Gasteiger partial charge in [0.05, 0.1) is 17.5 Å². The Hall–Kier alpha value is -1.84. The number of carbonyl (C=O) groups excluding carboxylic acids is 1. The summed E-state index contributed by atoms with van der Waals surface area (Å²) < 4.78 is 0.865. The molecule has 0 bridgehead atoms. The molecule has 1 aromatic carbocycles. The van der Waals surface area contributed by atoms with Crippen molar-refractivity contribution in [2.45, 2.75) is 29.6 Å². The van der Waals surface area contributed by atoms with E-state index in [0.717, 1.165) is 28.4 Å². The number of carbonyl (C=O) groups is 1. The predicted octanol–water partition coefficient (Wildman–Crippen LogP) is 3.71. The van der Waals surface area contributed by atoms with Crippen molar-refractivity contribution in [1.82, 2.24) is 10.3 Å². The largest absolute Gasteiger partial charge is 0.337 e. The van der Waals surface area contributed by atoms with Crippen LogP contribution < -0.4 is 5.32 Å². The summed E-state index contributed by atoms with van der Waals surface area (Å²) in [4.78, 5) is 16.6. The fraction of sp³-hybridized carbons (Fsp3) is 0.353. The van der Waals surface area contributed by atoms with Gasteiger partial charge >= 0.3 is 0 Å². The maximum absolute atomic E-state index is 12.1. The van der Waals surface area contributed by atoms with Crippen molar-refractivity contribution in [1.29, 1.82) is 5.26 Å². The van der Waals surface area contributed by atoms with E-state index in [1.54, 1.807) is 0 Å². The maximum atomic E-state index is 12.1. The summed E-state index contributed by atoms with van der Waals surface area (Å²) in [7, 11) is 0. The summed E-state index contributed by atoms with van der Waals surface area (Å²) >= 11 is 2.95. The van der Waals surface area contributed by atoms with E-state index >= 15 is 0 Å². The van der Waals surface area contributed by atoms with Crippen LogP contribution in [-0.2, 0) is 4.79 Å². The Kier molecular flexibility index (Phi) is 4.69. The molecule has 1 unspecified atom stereocenters. The molecule has 6 heteroatoms. The van der Waals surface area contributed by atoms with Gasteiger partial charge in [0.1, 0.15) is 5.54 Å². The first kappa shape index (κ1) is 16.0. The van der Waals surface area contributed by atoms with Gasteiger partial charge in [-0.05, 0) is 25.7 Å². The number of hydrogen-bond acceptors (Lipinski definition) is 5. The Morgan fingerprint density at radius 3 is 2.87 bits per heavy atom. The zero-order chi connectivity index (χ0) is 16.3. The first-order valence-electron chi connectivity index (χ1n) is 7.47. The van der Waals surface area contributed by atoms with Gasteiger partial charge in [0.15, 0.2) is 4.34 Å². The molecule has 0 radical (unpaired) electrons. The average molecular weight is 343 g/mol. The van der Waals surface area contributed by atoms with Crippen LogP contribution in [0, 0.1) is 17.2 Å². The average Bonchev–Trinajstić information content (AvgIpc) is 3.33. The Morgan fingerprint density at radius 1 is 1.48 bits per heavy atom. The molecule has 0 aliphatic heterocycles. The van der Waals surface area contributed by atoms with Gasteiger partial charge in [0.25, 0.3) is 0 Å². The van der Waals surface area contributed by atoms with Crippen LogP contribution in [0.3, 0.4) is 0 Å². The van der Waals surface area contributed by atoms with Crippen molar-refractivity contribution in [2.24, 2.45) is 5.92 Å². The highest BCUT2D eigenvalue weighted by molar-refractivity contribution is 8.01. The lowest BCUT2D eigenvalue weighted by Gasteiger charge is -2.22. The van der Waals surface area contributed by atoms with E-state index in [1.807, 2.05) is 42.6 Å². The third-order valence-corrected chi connectivity index (χ3v) is 5.93. The minimum Gasteiger partial charge on any atom is -0.337 e. The van der Waals surface area contributed by atoms with Crippen LogP contribution in [0.1, 0.15) is 19.8 Å². The van der Waals surface area contributed by atoms with Gasteiger partial charge in [-0.1, -0.05) is 42.1 Å². The zero-order valence-electron chi connectivity index (χ0n) is 12.8. The SMILES string of the molecule is CC(C#N)(NC(=O)CSc1nc(-c2ccccc2)cs1)C1CC1. The molecule has 1 aliphatic carbocycles. The Balaban J connectivity index is 1.56. The highest BCUT2D eigenvalue weighted by Gasteiger charge is 2.42. The first-order valence-corrected chi connectivity index (χ1v) is 9.33. The normalized spacial score (nSPS) is 16.3. The summed E-state index contributed by atoms with van der Waals surface area (Å²) in [5.41, 5.74) is 1.28. The fourth-order valence-electron chi connectivity index (χ4n) is 2.40. The molecule has 1 saturated carbocycles. The smallest absolute Gasteiger partial charge is 0.231 e. The molecular weight excluding hydrogens is 326 g/mol. The molecule has 23 heavy (non-hydrogen) atoms. The van der Waals surface area contributed by atoms with E-state index in [2.05, 4.69) is 16.4 Å². The van der Waals surface area contributed by atoms with Crippen LogP contribution in [0.25, 0.3) is 11.3 Å². The minimum atomic E-state index is -0.726. The standard InChI is InChI=1S/C17H17N3OS2/c1-17(11-18,13-7-8-13)20-15(21)10-23-16-19-14(9-22-16)12-5-3-2-4-6-12/h2-6,9,13H,7-8,10H2,1H3,(H,20,21). The van der Waals surface area contributed by atoms with Crippen molar-refractivity contribution in [3.05, 3.63) is 35.7 Å². The van der Waals surface area contributed by atoms with Crippen LogP contribution in [0.2, 0.25) is 0 Å². The van der Waals surface area contributed by atoms with E-state index in [0.29, 0.717) is 5.92 Å². The van der Waals surface area contributed by atoms with Gasteiger partial charge in [-0.3, -0.25) is 4.79 Å². The summed E-state index contributed by atoms with van der Waals surface area (Å²) in [5, 5.41) is 14.1. The number of nitrogens with zero attached hydrogens (tertiary/aromatic N) is 2. The molecule has 1 aliphatic rings. The van der Waals surface area contributed by atoms with Crippen molar-refractivity contribution < 1.29 is 4.79 Å². The second-order valence-electron chi connectivity index (χ2n) is 5.79. The van der Waals surface area contributed by atoms with Crippen molar-refractivity contribution >= 4 is 29.0 Å². The highest BCUT2D eigenvalue weighted by atomic mass is 32.2.